The zero-order valence-electron chi connectivity index (χ0n) is 11.0. The van der Waals surface area contributed by atoms with Crippen LogP contribution in [0.3, 0.4) is 0 Å². The molecule has 102 valence electrons. The van der Waals surface area contributed by atoms with Gasteiger partial charge in [-0.05, 0) is 24.5 Å². The quantitative estimate of drug-likeness (QED) is 0.818. The molecule has 18 heavy (non-hydrogen) atoms. The van der Waals surface area contributed by atoms with Crippen LogP contribution in [0.15, 0.2) is 29.2 Å². The molecule has 1 rings (SSSR count). The summed E-state index contributed by atoms with van der Waals surface area (Å²) >= 11 is 6.18. The molecule has 1 aromatic carbocycles. The molecule has 0 bridgehead atoms. The first kappa shape index (κ1) is 15.3. The number of hydrogen-bond donors (Lipinski definition) is 1. The van der Waals surface area contributed by atoms with Crippen LogP contribution in [0.1, 0.15) is 20.3 Å². The van der Waals surface area contributed by atoms with Gasteiger partial charge in [-0.25, -0.2) is 8.42 Å². The van der Waals surface area contributed by atoms with E-state index in [2.05, 4.69) is 19.2 Å². The van der Waals surface area contributed by atoms with Crippen molar-refractivity contribution in [2.75, 3.05) is 18.1 Å². The van der Waals surface area contributed by atoms with Gasteiger partial charge in [0.25, 0.3) is 0 Å². The fourth-order valence-corrected chi connectivity index (χ4v) is 3.05. The molecule has 5 heteroatoms. The molecule has 0 saturated carbocycles. The molecule has 1 aromatic rings. The number of benzene rings is 1. The molecule has 0 aliphatic rings. The number of alkyl halides is 1. The van der Waals surface area contributed by atoms with Gasteiger partial charge in [-0.15, -0.1) is 11.6 Å². The lowest BCUT2D eigenvalue weighted by molar-refractivity contribution is 0.572. The Balaban J connectivity index is 2.74. The van der Waals surface area contributed by atoms with E-state index < -0.39 is 9.84 Å². The number of nitrogens with one attached hydrogen (secondary N) is 1. The van der Waals surface area contributed by atoms with Crippen LogP contribution in [0.4, 0.5) is 5.69 Å². The number of para-hydroxylation sites is 1. The fraction of sp³-hybridized carbons (Fsp3) is 0.538. The highest BCUT2D eigenvalue weighted by atomic mass is 35.5. The summed E-state index contributed by atoms with van der Waals surface area (Å²) in [5.41, 5.74) is 0.620. The molecule has 0 aromatic heterocycles. The van der Waals surface area contributed by atoms with E-state index in [1.165, 1.54) is 6.26 Å². The molecule has 3 nitrogen and oxygen atoms in total. The Labute approximate surface area is 114 Å². The first-order valence-corrected chi connectivity index (χ1v) is 8.30. The zero-order valence-corrected chi connectivity index (χ0v) is 12.6. The van der Waals surface area contributed by atoms with Crippen LogP contribution < -0.4 is 5.32 Å². The number of hydrogen-bond acceptors (Lipinski definition) is 3. The van der Waals surface area contributed by atoms with E-state index in [9.17, 15) is 8.42 Å². The molecule has 0 aliphatic heterocycles. The lowest BCUT2D eigenvalue weighted by atomic mass is 10.1. The first-order chi connectivity index (χ1) is 8.30. The maximum atomic E-state index is 11.6. The number of halogens is 1. The van der Waals surface area contributed by atoms with Crippen molar-refractivity contribution in [3.8, 4) is 0 Å². The van der Waals surface area contributed by atoms with Gasteiger partial charge in [0.1, 0.15) is 0 Å². The van der Waals surface area contributed by atoms with Gasteiger partial charge in [0, 0.05) is 12.8 Å². The van der Waals surface area contributed by atoms with Gasteiger partial charge in [-0.3, -0.25) is 0 Å². The summed E-state index contributed by atoms with van der Waals surface area (Å²) in [4.78, 5) is 0.318. The third-order valence-corrected chi connectivity index (χ3v) is 4.02. The van der Waals surface area contributed by atoms with Gasteiger partial charge in [0.2, 0.25) is 0 Å². The third kappa shape index (κ3) is 4.86. The van der Waals surface area contributed by atoms with Crippen molar-refractivity contribution in [2.24, 2.45) is 5.92 Å². The second kappa shape index (κ2) is 6.43. The molecule has 0 radical (unpaired) electrons. The highest BCUT2D eigenvalue weighted by Gasteiger charge is 2.13. The van der Waals surface area contributed by atoms with Gasteiger partial charge in [-0.2, -0.15) is 0 Å². The van der Waals surface area contributed by atoms with Crippen LogP contribution in [0.5, 0.6) is 0 Å². The average Bonchev–Trinajstić information content (AvgIpc) is 2.24. The Kier molecular flexibility index (Phi) is 5.47. The molecule has 0 saturated heterocycles. The summed E-state index contributed by atoms with van der Waals surface area (Å²) in [5.74, 6) is 0.527. The van der Waals surface area contributed by atoms with Crippen LogP contribution in [0.2, 0.25) is 0 Å². The number of anilines is 1. The minimum atomic E-state index is -3.21. The summed E-state index contributed by atoms with van der Waals surface area (Å²) < 4.78 is 23.2. The van der Waals surface area contributed by atoms with E-state index in [0.29, 0.717) is 23.0 Å². The van der Waals surface area contributed by atoms with Crippen LogP contribution in [-0.2, 0) is 9.84 Å². The van der Waals surface area contributed by atoms with Crippen molar-refractivity contribution in [1.82, 2.24) is 0 Å². The van der Waals surface area contributed by atoms with Gasteiger partial charge < -0.3 is 5.32 Å². The van der Waals surface area contributed by atoms with Crippen molar-refractivity contribution in [3.63, 3.8) is 0 Å². The monoisotopic (exact) mass is 289 g/mol. The zero-order chi connectivity index (χ0) is 13.8. The van der Waals surface area contributed by atoms with Gasteiger partial charge >= 0.3 is 0 Å². The summed E-state index contributed by atoms with van der Waals surface area (Å²) in [6, 6.07) is 6.88. The van der Waals surface area contributed by atoms with Crippen LogP contribution in [0.25, 0.3) is 0 Å². The van der Waals surface area contributed by atoms with Crippen molar-refractivity contribution in [1.29, 1.82) is 0 Å². The van der Waals surface area contributed by atoms with E-state index in [1.54, 1.807) is 18.2 Å². The molecule has 1 atom stereocenters. The highest BCUT2D eigenvalue weighted by Crippen LogP contribution is 2.21. The summed E-state index contributed by atoms with van der Waals surface area (Å²) in [7, 11) is -3.21. The predicted octanol–water partition coefficient (Wildman–Crippen LogP) is 3.16. The number of rotatable bonds is 6. The standard InChI is InChI=1S/C13H20ClNO2S/c1-10(2)8-11(14)9-15-12-6-4-5-7-13(12)18(3,16)17/h4-7,10-11,15H,8-9H2,1-3H3. The van der Waals surface area contributed by atoms with Crippen molar-refractivity contribution < 1.29 is 8.42 Å². The van der Waals surface area contributed by atoms with Crippen molar-refractivity contribution in [3.05, 3.63) is 24.3 Å². The predicted molar refractivity (Wildman–Crippen MR) is 77.1 cm³/mol. The van der Waals surface area contributed by atoms with Crippen molar-refractivity contribution in [2.45, 2.75) is 30.5 Å². The molecule has 0 fully saturated rings. The molecule has 0 amide bonds. The summed E-state index contributed by atoms with van der Waals surface area (Å²) in [6.45, 7) is 4.78. The summed E-state index contributed by atoms with van der Waals surface area (Å²) in [5, 5.41) is 3.11. The topological polar surface area (TPSA) is 46.2 Å². The van der Waals surface area contributed by atoms with Gasteiger partial charge in [-0.1, -0.05) is 26.0 Å². The SMILES string of the molecule is CC(C)CC(Cl)CNc1ccccc1S(C)(=O)=O. The smallest absolute Gasteiger partial charge is 0.177 e. The Morgan fingerprint density at radius 1 is 1.28 bits per heavy atom. The van der Waals surface area contributed by atoms with E-state index in [4.69, 9.17) is 11.6 Å². The molecule has 1 unspecified atom stereocenters. The van der Waals surface area contributed by atoms with E-state index in [0.717, 1.165) is 6.42 Å². The third-order valence-electron chi connectivity index (χ3n) is 2.53. The Morgan fingerprint density at radius 2 is 1.89 bits per heavy atom. The van der Waals surface area contributed by atoms with Crippen LogP contribution in [0, 0.1) is 5.92 Å². The first-order valence-electron chi connectivity index (χ1n) is 5.97. The second-order valence-corrected chi connectivity index (χ2v) is 7.48. The van der Waals surface area contributed by atoms with Crippen LogP contribution >= 0.6 is 11.6 Å². The van der Waals surface area contributed by atoms with Gasteiger partial charge in [0.15, 0.2) is 9.84 Å². The Morgan fingerprint density at radius 3 is 2.44 bits per heavy atom. The number of sulfone groups is 1. The largest absolute Gasteiger partial charge is 0.383 e. The van der Waals surface area contributed by atoms with Gasteiger partial charge in [0.05, 0.1) is 16.0 Å². The minimum absolute atomic E-state index is 0.00221. The average molecular weight is 290 g/mol. The molecule has 0 aliphatic carbocycles. The molecular weight excluding hydrogens is 270 g/mol. The van der Waals surface area contributed by atoms with Crippen LogP contribution in [-0.4, -0.2) is 26.6 Å². The lowest BCUT2D eigenvalue weighted by Crippen LogP contribution is -2.17. The van der Waals surface area contributed by atoms with E-state index >= 15 is 0 Å². The normalized spacial score (nSPS) is 13.6. The minimum Gasteiger partial charge on any atom is -0.383 e. The Bertz CT molecular complexity index is 486. The maximum absolute atomic E-state index is 11.6. The molecular formula is C13H20ClNO2S. The van der Waals surface area contributed by atoms with E-state index in [-0.39, 0.29) is 5.38 Å². The summed E-state index contributed by atoms with van der Waals surface area (Å²) in [6.07, 6.45) is 2.11. The lowest BCUT2D eigenvalue weighted by Gasteiger charge is -2.15. The maximum Gasteiger partial charge on any atom is 0.177 e. The van der Waals surface area contributed by atoms with Crippen molar-refractivity contribution >= 4 is 27.1 Å². The highest BCUT2D eigenvalue weighted by molar-refractivity contribution is 7.90. The molecule has 0 heterocycles. The molecule has 1 N–H and O–H groups in total. The second-order valence-electron chi connectivity index (χ2n) is 4.88. The fourth-order valence-electron chi connectivity index (χ4n) is 1.75. The molecule has 0 spiro atoms. The van der Waals surface area contributed by atoms with E-state index in [1.807, 2.05) is 6.07 Å². The Hall–Kier alpha value is -0.740.